The van der Waals surface area contributed by atoms with E-state index in [1.165, 1.54) is 36.4 Å². The van der Waals surface area contributed by atoms with E-state index in [4.69, 9.17) is 0 Å². The largest absolute Gasteiger partial charge is 0.207 e. The molecule has 0 nitrogen and oxygen atoms in total. The fourth-order valence-electron chi connectivity index (χ4n) is 3.19. The van der Waals surface area contributed by atoms with Crippen molar-refractivity contribution in [2.45, 2.75) is 0 Å². The van der Waals surface area contributed by atoms with E-state index in [9.17, 15) is 13.2 Å². The molecule has 3 heteroatoms. The maximum atomic E-state index is 13.8. The van der Waals surface area contributed by atoms with Gasteiger partial charge in [0.05, 0.1) is 0 Å². The highest BCUT2D eigenvalue weighted by atomic mass is 19.1. The van der Waals surface area contributed by atoms with E-state index in [1.807, 2.05) is 30.3 Å². The van der Waals surface area contributed by atoms with Crippen LogP contribution < -0.4 is 0 Å². The van der Waals surface area contributed by atoms with Gasteiger partial charge < -0.3 is 0 Å². The molecule has 0 amide bonds. The van der Waals surface area contributed by atoms with E-state index in [2.05, 4.69) is 0 Å². The summed E-state index contributed by atoms with van der Waals surface area (Å²) in [6.07, 6.45) is 0. The Balaban J connectivity index is 1.94. The molecule has 132 valence electrons. The molecule has 0 saturated heterocycles. The van der Waals surface area contributed by atoms with Crippen molar-refractivity contribution in [2.75, 3.05) is 0 Å². The van der Waals surface area contributed by atoms with Crippen LogP contribution in [0.15, 0.2) is 91.0 Å². The Hall–Kier alpha value is -3.33. The first-order valence-electron chi connectivity index (χ1n) is 8.52. The van der Waals surface area contributed by atoms with Crippen LogP contribution in [-0.2, 0) is 0 Å². The van der Waals surface area contributed by atoms with Crippen molar-refractivity contribution in [2.24, 2.45) is 0 Å². The number of benzene rings is 4. The van der Waals surface area contributed by atoms with Gasteiger partial charge in [0, 0.05) is 0 Å². The van der Waals surface area contributed by atoms with Gasteiger partial charge in [0.25, 0.3) is 0 Å². The molecule has 0 atom stereocenters. The summed E-state index contributed by atoms with van der Waals surface area (Å²) in [4.78, 5) is 0. The average molecular weight is 360 g/mol. The summed E-state index contributed by atoms with van der Waals surface area (Å²) in [7, 11) is 0. The Bertz CT molecular complexity index is 1120. The van der Waals surface area contributed by atoms with Crippen LogP contribution in [0.25, 0.3) is 33.4 Å². The summed E-state index contributed by atoms with van der Waals surface area (Å²) in [5.74, 6) is -1.02. The van der Waals surface area contributed by atoms with Crippen LogP contribution in [0.4, 0.5) is 13.2 Å². The second kappa shape index (κ2) is 7.12. The lowest BCUT2D eigenvalue weighted by Gasteiger charge is -2.13. The summed E-state index contributed by atoms with van der Waals surface area (Å²) in [6, 6.07) is 24.4. The Morgan fingerprint density at radius 1 is 0.370 bits per heavy atom. The maximum absolute atomic E-state index is 13.8. The highest BCUT2D eigenvalue weighted by molar-refractivity contribution is 5.87. The van der Waals surface area contributed by atoms with Gasteiger partial charge in [-0.2, -0.15) is 0 Å². The van der Waals surface area contributed by atoms with Crippen molar-refractivity contribution in [3.63, 3.8) is 0 Å². The minimum atomic E-state index is -0.353. The third kappa shape index (κ3) is 3.63. The Morgan fingerprint density at radius 3 is 1.37 bits per heavy atom. The Labute approximate surface area is 155 Å². The fraction of sp³-hybridized carbons (Fsp3) is 0. The smallest absolute Gasteiger partial charge is 0.123 e. The molecule has 4 aromatic rings. The average Bonchev–Trinajstić information content (AvgIpc) is 2.67. The van der Waals surface area contributed by atoms with Gasteiger partial charge in [0.15, 0.2) is 0 Å². The van der Waals surface area contributed by atoms with Crippen molar-refractivity contribution in [3.05, 3.63) is 108 Å². The van der Waals surface area contributed by atoms with Gasteiger partial charge in [-0.1, -0.05) is 48.5 Å². The van der Waals surface area contributed by atoms with E-state index in [0.717, 1.165) is 22.3 Å². The van der Waals surface area contributed by atoms with Gasteiger partial charge in [0.2, 0.25) is 0 Å². The van der Waals surface area contributed by atoms with E-state index in [1.54, 1.807) is 24.3 Å². The van der Waals surface area contributed by atoms with Gasteiger partial charge >= 0.3 is 0 Å². The molecule has 27 heavy (non-hydrogen) atoms. The van der Waals surface area contributed by atoms with Crippen LogP contribution in [0.3, 0.4) is 0 Å². The summed E-state index contributed by atoms with van der Waals surface area (Å²) in [6.45, 7) is 0. The zero-order chi connectivity index (χ0) is 18.8. The topological polar surface area (TPSA) is 0 Å². The van der Waals surface area contributed by atoms with Crippen LogP contribution >= 0.6 is 0 Å². The normalized spacial score (nSPS) is 10.8. The molecule has 4 rings (SSSR count). The maximum Gasteiger partial charge on any atom is 0.123 e. The predicted molar refractivity (Wildman–Crippen MR) is 103 cm³/mol. The molecule has 0 unspecified atom stereocenters. The fourth-order valence-corrected chi connectivity index (χ4v) is 3.19. The number of hydrogen-bond acceptors (Lipinski definition) is 0. The predicted octanol–water partition coefficient (Wildman–Crippen LogP) is 7.10. The van der Waals surface area contributed by atoms with Crippen molar-refractivity contribution < 1.29 is 13.2 Å². The number of rotatable bonds is 3. The van der Waals surface area contributed by atoms with Crippen LogP contribution in [0.5, 0.6) is 0 Å². The summed E-state index contributed by atoms with van der Waals surface area (Å²) >= 11 is 0. The lowest BCUT2D eigenvalue weighted by molar-refractivity contribution is 0.627. The zero-order valence-electron chi connectivity index (χ0n) is 14.3. The summed E-state index contributed by atoms with van der Waals surface area (Å²) < 4.78 is 41.2. The Morgan fingerprint density at radius 2 is 0.815 bits per heavy atom. The first-order valence-corrected chi connectivity index (χ1v) is 8.52. The van der Waals surface area contributed by atoms with Crippen LogP contribution in [0.1, 0.15) is 0 Å². The highest BCUT2D eigenvalue weighted by Crippen LogP contribution is 2.36. The lowest BCUT2D eigenvalue weighted by atomic mass is 9.91. The second-order valence-corrected chi connectivity index (χ2v) is 6.29. The van der Waals surface area contributed by atoms with Crippen LogP contribution in [-0.4, -0.2) is 0 Å². The quantitative estimate of drug-likeness (QED) is 0.365. The number of halogens is 3. The highest BCUT2D eigenvalue weighted by Gasteiger charge is 2.11. The van der Waals surface area contributed by atoms with E-state index in [-0.39, 0.29) is 17.5 Å². The first-order chi connectivity index (χ1) is 13.1. The van der Waals surface area contributed by atoms with Gasteiger partial charge in [-0.05, 0) is 75.8 Å². The zero-order valence-corrected chi connectivity index (χ0v) is 14.3. The molecule has 0 aliphatic carbocycles. The van der Waals surface area contributed by atoms with Crippen molar-refractivity contribution in [1.29, 1.82) is 0 Å². The molecule has 0 N–H and O–H groups in total. The van der Waals surface area contributed by atoms with Crippen molar-refractivity contribution >= 4 is 0 Å². The molecule has 0 aromatic heterocycles. The molecule has 0 saturated carbocycles. The first kappa shape index (κ1) is 17.1. The van der Waals surface area contributed by atoms with Gasteiger partial charge in [0.1, 0.15) is 17.5 Å². The Kier molecular flexibility index (Phi) is 4.51. The van der Waals surface area contributed by atoms with Gasteiger partial charge in [-0.15, -0.1) is 0 Å². The van der Waals surface area contributed by atoms with Crippen LogP contribution in [0, 0.1) is 17.5 Å². The monoisotopic (exact) mass is 360 g/mol. The SMILES string of the molecule is Fc1cccc(-c2ccc(-c3cccc(F)c3)c(-c3cccc(F)c3)c2)c1. The van der Waals surface area contributed by atoms with Gasteiger partial charge in [-0.3, -0.25) is 0 Å². The second-order valence-electron chi connectivity index (χ2n) is 6.29. The van der Waals surface area contributed by atoms with E-state index >= 15 is 0 Å². The summed E-state index contributed by atoms with van der Waals surface area (Å²) in [5, 5.41) is 0. The van der Waals surface area contributed by atoms with E-state index < -0.39 is 0 Å². The molecule has 0 radical (unpaired) electrons. The molecule has 0 bridgehead atoms. The molecule has 0 aliphatic rings. The molecule has 4 aromatic carbocycles. The molecule has 0 heterocycles. The summed E-state index contributed by atoms with van der Waals surface area (Å²) in [5.41, 5.74) is 4.42. The minimum Gasteiger partial charge on any atom is -0.207 e. The van der Waals surface area contributed by atoms with Crippen molar-refractivity contribution in [1.82, 2.24) is 0 Å². The molecule has 0 spiro atoms. The third-order valence-corrected chi connectivity index (χ3v) is 4.45. The van der Waals surface area contributed by atoms with Gasteiger partial charge in [-0.25, -0.2) is 13.2 Å². The minimum absolute atomic E-state index is 0.325. The number of hydrogen-bond donors (Lipinski definition) is 0. The lowest BCUT2D eigenvalue weighted by Crippen LogP contribution is -1.89. The van der Waals surface area contributed by atoms with Crippen LogP contribution in [0.2, 0.25) is 0 Å². The molecule has 0 aliphatic heterocycles. The third-order valence-electron chi connectivity index (χ3n) is 4.45. The standard InChI is InChI=1S/C24H15F3/c25-20-7-1-4-16(12-20)17-10-11-23(18-5-2-8-21(26)13-18)24(15-17)19-6-3-9-22(27)14-19/h1-15H. The van der Waals surface area contributed by atoms with Crippen molar-refractivity contribution in [3.8, 4) is 33.4 Å². The van der Waals surface area contributed by atoms with E-state index in [0.29, 0.717) is 11.1 Å². The molecular formula is C24H15F3. The molecular weight excluding hydrogens is 345 g/mol. The molecule has 0 fully saturated rings.